The number of alkyl halides is 3. The average molecular weight is 517 g/mol. The topological polar surface area (TPSA) is 17.3 Å². The third-order valence-electron chi connectivity index (χ3n) is 7.50. The molecule has 198 valence electrons. The normalized spacial score (nSPS) is 12.7. The second kappa shape index (κ2) is 9.76. The second-order valence-electron chi connectivity index (χ2n) is 11.5. The van der Waals surface area contributed by atoms with Crippen LogP contribution < -0.4 is 0 Å². The first-order valence-electron chi connectivity index (χ1n) is 13.5. The fourth-order valence-corrected chi connectivity index (χ4v) is 5.43. The number of benzene rings is 3. The molecule has 2 nitrogen and oxygen atoms in total. The van der Waals surface area contributed by atoms with E-state index >= 15 is 0 Å². The number of fused-ring (bicyclic) bond motifs is 6. The van der Waals surface area contributed by atoms with E-state index in [1.54, 1.807) is 6.07 Å². The van der Waals surface area contributed by atoms with Crippen LogP contribution in [0.1, 0.15) is 75.8 Å². The van der Waals surface area contributed by atoms with Crippen LogP contribution >= 0.6 is 0 Å². The van der Waals surface area contributed by atoms with E-state index in [2.05, 4.69) is 69.1 Å². The Morgan fingerprint density at radius 3 is 2.16 bits per heavy atom. The first-order chi connectivity index (χ1) is 18.0. The molecule has 0 radical (unpaired) electrons. The summed E-state index contributed by atoms with van der Waals surface area (Å²) >= 11 is 0. The van der Waals surface area contributed by atoms with Gasteiger partial charge >= 0.3 is 6.18 Å². The van der Waals surface area contributed by atoms with Crippen molar-refractivity contribution in [3.05, 3.63) is 83.2 Å². The summed E-state index contributed by atoms with van der Waals surface area (Å²) in [4.78, 5) is 4.68. The molecule has 0 unspecified atom stereocenters. The van der Waals surface area contributed by atoms with Gasteiger partial charge in [0.05, 0.1) is 16.8 Å². The predicted molar refractivity (Wildman–Crippen MR) is 152 cm³/mol. The van der Waals surface area contributed by atoms with Crippen molar-refractivity contribution in [2.24, 2.45) is 0 Å². The van der Waals surface area contributed by atoms with E-state index < -0.39 is 11.7 Å². The van der Waals surface area contributed by atoms with Crippen molar-refractivity contribution in [2.45, 2.75) is 78.3 Å². The molecule has 0 aliphatic carbocycles. The number of rotatable bonds is 6. The zero-order valence-corrected chi connectivity index (χ0v) is 22.8. The molecule has 5 heteroatoms. The quantitative estimate of drug-likeness (QED) is 0.162. The molecule has 5 aromatic rings. The van der Waals surface area contributed by atoms with E-state index in [0.29, 0.717) is 11.0 Å². The highest BCUT2D eigenvalue weighted by Gasteiger charge is 2.31. The first kappa shape index (κ1) is 26.3. The van der Waals surface area contributed by atoms with Gasteiger partial charge in [-0.05, 0) is 71.5 Å². The Hall–Kier alpha value is -3.34. The number of aromatic nitrogens is 2. The van der Waals surface area contributed by atoms with Gasteiger partial charge in [0.1, 0.15) is 5.65 Å². The lowest BCUT2D eigenvalue weighted by Gasteiger charge is -2.20. The number of aryl methyl sites for hydroxylation is 2. The maximum atomic E-state index is 13.7. The molecular weight excluding hydrogens is 481 g/mol. The van der Waals surface area contributed by atoms with Gasteiger partial charge in [-0.3, -0.25) is 4.40 Å². The van der Waals surface area contributed by atoms with E-state index in [4.69, 9.17) is 0 Å². The Morgan fingerprint density at radius 2 is 1.50 bits per heavy atom. The van der Waals surface area contributed by atoms with Gasteiger partial charge < -0.3 is 0 Å². The lowest BCUT2D eigenvalue weighted by molar-refractivity contribution is -0.137. The van der Waals surface area contributed by atoms with E-state index in [1.165, 1.54) is 42.5 Å². The fraction of sp³-hybridized carbons (Fsp3) is 0.364. The summed E-state index contributed by atoms with van der Waals surface area (Å²) < 4.78 is 43.0. The molecule has 0 saturated carbocycles. The van der Waals surface area contributed by atoms with Crippen molar-refractivity contribution in [1.29, 1.82) is 0 Å². The fourth-order valence-electron chi connectivity index (χ4n) is 5.43. The summed E-state index contributed by atoms with van der Waals surface area (Å²) in [6.07, 6.45) is 3.09. The molecule has 38 heavy (non-hydrogen) atoms. The molecule has 0 saturated heterocycles. The number of hydrogen-bond acceptors (Lipinski definition) is 1. The van der Waals surface area contributed by atoms with Gasteiger partial charge in [0.15, 0.2) is 0 Å². The molecule has 0 aliphatic heterocycles. The van der Waals surface area contributed by atoms with Gasteiger partial charge in [0.25, 0.3) is 0 Å². The summed E-state index contributed by atoms with van der Waals surface area (Å²) in [5.74, 6) is 0. The SMILES string of the molecule is CCCCCCc1cc(-c2ccc(C(C)(C)C)cc2)c2c(c1)c1ccc(C(F)(F)F)cc1c1nc(C)cn12. The summed E-state index contributed by atoms with van der Waals surface area (Å²) in [7, 11) is 0. The molecule has 5 rings (SSSR count). The van der Waals surface area contributed by atoms with Gasteiger partial charge in [0, 0.05) is 22.5 Å². The van der Waals surface area contributed by atoms with Gasteiger partial charge in [-0.1, -0.05) is 77.3 Å². The van der Waals surface area contributed by atoms with Gasteiger partial charge in [-0.15, -0.1) is 0 Å². The molecule has 0 N–H and O–H groups in total. The van der Waals surface area contributed by atoms with Crippen LogP contribution in [0.4, 0.5) is 13.2 Å². The minimum Gasteiger partial charge on any atom is -0.298 e. The molecule has 0 aliphatic rings. The third kappa shape index (κ3) is 4.91. The average Bonchev–Trinajstić information content (AvgIpc) is 3.26. The molecule has 2 aromatic heterocycles. The van der Waals surface area contributed by atoms with Crippen molar-refractivity contribution in [3.8, 4) is 11.1 Å². The maximum Gasteiger partial charge on any atom is 0.416 e. The summed E-state index contributed by atoms with van der Waals surface area (Å²) in [6, 6.07) is 17.2. The Balaban J connectivity index is 1.83. The summed E-state index contributed by atoms with van der Waals surface area (Å²) in [6.45, 7) is 10.7. The van der Waals surface area contributed by atoms with Crippen LogP contribution in [0.25, 0.3) is 38.4 Å². The lowest BCUT2D eigenvalue weighted by Crippen LogP contribution is -2.10. The van der Waals surface area contributed by atoms with E-state index in [9.17, 15) is 13.2 Å². The first-order valence-corrected chi connectivity index (χ1v) is 13.5. The van der Waals surface area contributed by atoms with E-state index in [0.717, 1.165) is 46.0 Å². The molecule has 0 fully saturated rings. The lowest BCUT2D eigenvalue weighted by atomic mass is 9.85. The van der Waals surface area contributed by atoms with Crippen molar-refractivity contribution in [2.75, 3.05) is 0 Å². The number of imidazole rings is 1. The number of halogens is 3. The van der Waals surface area contributed by atoms with Crippen LogP contribution in [0.3, 0.4) is 0 Å². The van der Waals surface area contributed by atoms with Crippen LogP contribution in [0, 0.1) is 6.92 Å². The highest BCUT2D eigenvalue weighted by Crippen LogP contribution is 2.40. The van der Waals surface area contributed by atoms with Crippen molar-refractivity contribution in [3.63, 3.8) is 0 Å². The predicted octanol–water partition coefficient (Wildman–Crippen LogP) is 10.1. The van der Waals surface area contributed by atoms with Gasteiger partial charge in [-0.2, -0.15) is 13.2 Å². The second-order valence-corrected chi connectivity index (χ2v) is 11.5. The Morgan fingerprint density at radius 1 is 0.789 bits per heavy atom. The molecule has 0 bridgehead atoms. The largest absolute Gasteiger partial charge is 0.416 e. The molecular formula is C33H35F3N2. The highest BCUT2D eigenvalue weighted by atomic mass is 19.4. The summed E-state index contributed by atoms with van der Waals surface area (Å²) in [5, 5.41) is 2.29. The van der Waals surface area contributed by atoms with Crippen LogP contribution in [-0.4, -0.2) is 9.38 Å². The Labute approximate surface area is 222 Å². The van der Waals surface area contributed by atoms with Crippen LogP contribution in [0.15, 0.2) is 60.8 Å². The Bertz CT molecular complexity index is 1620. The Kier molecular flexibility index (Phi) is 6.75. The van der Waals surface area contributed by atoms with Crippen LogP contribution in [-0.2, 0) is 18.0 Å². The zero-order valence-electron chi connectivity index (χ0n) is 22.8. The van der Waals surface area contributed by atoms with Gasteiger partial charge in [-0.25, -0.2) is 4.98 Å². The monoisotopic (exact) mass is 516 g/mol. The van der Waals surface area contributed by atoms with E-state index in [1.807, 2.05) is 17.5 Å². The maximum absolute atomic E-state index is 13.7. The molecule has 0 atom stereocenters. The summed E-state index contributed by atoms with van der Waals surface area (Å²) in [5.41, 5.74) is 6.34. The minimum absolute atomic E-state index is 0.0445. The van der Waals surface area contributed by atoms with E-state index in [-0.39, 0.29) is 5.41 Å². The number of unbranched alkanes of at least 4 members (excludes halogenated alkanes) is 3. The smallest absolute Gasteiger partial charge is 0.298 e. The van der Waals surface area contributed by atoms with Gasteiger partial charge in [0.2, 0.25) is 0 Å². The van der Waals surface area contributed by atoms with Crippen LogP contribution in [0.5, 0.6) is 0 Å². The third-order valence-corrected chi connectivity index (χ3v) is 7.50. The number of hydrogen-bond donors (Lipinski definition) is 0. The standard InChI is InChI=1S/C33H35F3N2/c1-6-7-8-9-10-22-17-27(23-11-13-24(14-12-23)32(3,4)5)30-28(18-22)26-16-15-25(33(34,35)36)19-29(26)31-37-21(2)20-38(30)31/h11-20H,6-10H2,1-5H3. The zero-order chi connectivity index (χ0) is 27.2. The minimum atomic E-state index is -4.41. The van der Waals surface area contributed by atoms with Crippen LogP contribution in [0.2, 0.25) is 0 Å². The van der Waals surface area contributed by atoms with Crippen molar-refractivity contribution >= 4 is 27.3 Å². The molecule has 0 amide bonds. The van der Waals surface area contributed by atoms with Crippen molar-refractivity contribution < 1.29 is 13.2 Å². The number of nitrogens with zero attached hydrogens (tertiary/aromatic N) is 2. The molecule has 0 spiro atoms. The van der Waals surface area contributed by atoms with Crippen molar-refractivity contribution in [1.82, 2.24) is 9.38 Å². The highest BCUT2D eigenvalue weighted by molar-refractivity contribution is 6.15. The molecule has 2 heterocycles. The number of pyridine rings is 1. The molecule has 3 aromatic carbocycles.